The van der Waals surface area contributed by atoms with Crippen molar-refractivity contribution in [3.63, 3.8) is 0 Å². The van der Waals surface area contributed by atoms with Gasteiger partial charge in [-0.15, -0.1) is 0 Å². The quantitative estimate of drug-likeness (QED) is 0.431. The maximum absolute atomic E-state index is 13.4. The number of nitrogens with zero attached hydrogens (tertiary/aromatic N) is 1. The van der Waals surface area contributed by atoms with Gasteiger partial charge in [-0.2, -0.15) is 0 Å². The van der Waals surface area contributed by atoms with E-state index in [0.717, 1.165) is 36.9 Å². The van der Waals surface area contributed by atoms with Gasteiger partial charge in [0.05, 0.1) is 4.99 Å². The summed E-state index contributed by atoms with van der Waals surface area (Å²) in [6.07, 6.45) is 7.37. The van der Waals surface area contributed by atoms with E-state index >= 15 is 0 Å². The van der Waals surface area contributed by atoms with Crippen LogP contribution in [0.15, 0.2) is 48.8 Å². The summed E-state index contributed by atoms with van der Waals surface area (Å²) in [5.74, 6) is 1.59. The number of hydrogen-bond acceptors (Lipinski definition) is 4. The molecule has 0 radical (unpaired) electrons. The third kappa shape index (κ3) is 5.62. The average molecular weight is 511 g/mol. The summed E-state index contributed by atoms with van der Waals surface area (Å²) in [4.78, 5) is 18.1. The molecule has 4 rings (SSSR count). The zero-order chi connectivity index (χ0) is 26.1. The van der Waals surface area contributed by atoms with E-state index in [9.17, 15) is 9.18 Å². The molecule has 36 heavy (non-hydrogen) atoms. The van der Waals surface area contributed by atoms with Gasteiger partial charge < -0.3 is 16.4 Å². The molecule has 0 aliphatic heterocycles. The van der Waals surface area contributed by atoms with Gasteiger partial charge >= 0.3 is 0 Å². The summed E-state index contributed by atoms with van der Waals surface area (Å²) < 4.78 is 13.4. The van der Waals surface area contributed by atoms with Crippen molar-refractivity contribution in [2.75, 3.05) is 11.9 Å². The van der Waals surface area contributed by atoms with E-state index in [-0.39, 0.29) is 17.8 Å². The number of hydrogen-bond donors (Lipinski definition) is 3. The number of thiocarbonyl (C=S) groups is 1. The van der Waals surface area contributed by atoms with Gasteiger partial charge in [0.15, 0.2) is 0 Å². The van der Waals surface area contributed by atoms with E-state index in [1.165, 1.54) is 12.1 Å². The van der Waals surface area contributed by atoms with Crippen LogP contribution in [0.5, 0.6) is 0 Å². The molecule has 2 aliphatic carbocycles. The lowest BCUT2D eigenvalue weighted by atomic mass is 9.54. The van der Waals surface area contributed by atoms with Crippen molar-refractivity contribution < 1.29 is 9.18 Å². The second-order valence-electron chi connectivity index (χ2n) is 11.8. The van der Waals surface area contributed by atoms with E-state index < -0.39 is 10.8 Å². The number of benzene rings is 1. The SMILES string of the molecule is CC1CC2CC(CC(C)(C(=O)Nc3ccncc3)C2)C1C(N)CNC(=S)C(C)(C)c1ccc(F)cc1. The highest BCUT2D eigenvalue weighted by Gasteiger charge is 2.50. The zero-order valence-electron chi connectivity index (χ0n) is 21.8. The van der Waals surface area contributed by atoms with Gasteiger partial charge in [0.25, 0.3) is 0 Å². The molecule has 194 valence electrons. The minimum atomic E-state index is -0.430. The number of amides is 1. The topological polar surface area (TPSA) is 80.0 Å². The molecule has 6 unspecified atom stereocenters. The molecule has 2 aromatic rings. The van der Waals surface area contributed by atoms with E-state index in [1.54, 1.807) is 24.5 Å². The molecule has 4 N–H and O–H groups in total. The van der Waals surface area contributed by atoms with E-state index in [0.29, 0.717) is 35.2 Å². The first-order valence-corrected chi connectivity index (χ1v) is 13.4. The van der Waals surface area contributed by atoms with Crippen LogP contribution in [0.4, 0.5) is 10.1 Å². The Morgan fingerprint density at radius 3 is 2.53 bits per heavy atom. The highest BCUT2D eigenvalue weighted by Crippen LogP contribution is 2.53. The van der Waals surface area contributed by atoms with Gasteiger partial charge in [-0.1, -0.05) is 38.2 Å². The molecule has 2 fully saturated rings. The molecule has 2 bridgehead atoms. The van der Waals surface area contributed by atoms with Crippen LogP contribution in [-0.2, 0) is 10.2 Å². The maximum atomic E-state index is 13.4. The molecule has 0 spiro atoms. The zero-order valence-corrected chi connectivity index (χ0v) is 22.6. The molecule has 5 nitrogen and oxygen atoms in total. The van der Waals surface area contributed by atoms with Gasteiger partial charge in [0, 0.05) is 41.5 Å². The second kappa shape index (κ2) is 10.5. The monoisotopic (exact) mass is 510 g/mol. The Bertz CT molecular complexity index is 1070. The molecule has 1 aromatic carbocycles. The fourth-order valence-electron chi connectivity index (χ4n) is 6.75. The molecular weight excluding hydrogens is 471 g/mol. The number of carbonyl (C=O) groups excluding carboxylic acids is 1. The Morgan fingerprint density at radius 1 is 1.19 bits per heavy atom. The Balaban J connectivity index is 1.41. The minimum absolute atomic E-state index is 0.0708. The van der Waals surface area contributed by atoms with Crippen LogP contribution in [0, 0.1) is 34.9 Å². The Hall–Kier alpha value is -2.38. The van der Waals surface area contributed by atoms with Gasteiger partial charge in [0.1, 0.15) is 5.82 Å². The maximum Gasteiger partial charge on any atom is 0.230 e. The molecule has 1 aromatic heterocycles. The summed E-state index contributed by atoms with van der Waals surface area (Å²) in [6.45, 7) is 9.09. The highest BCUT2D eigenvalue weighted by molar-refractivity contribution is 7.80. The number of aromatic nitrogens is 1. The molecule has 7 heteroatoms. The largest absolute Gasteiger partial charge is 0.377 e. The normalized spacial score (nSPS) is 28.7. The van der Waals surface area contributed by atoms with Crippen molar-refractivity contribution in [1.29, 1.82) is 0 Å². The molecule has 0 saturated heterocycles. The number of carbonyl (C=O) groups is 1. The molecule has 1 amide bonds. The fraction of sp³-hybridized carbons (Fsp3) is 0.552. The third-order valence-corrected chi connectivity index (χ3v) is 9.26. The average Bonchev–Trinajstić information content (AvgIpc) is 2.82. The predicted octanol–water partition coefficient (Wildman–Crippen LogP) is 5.46. The number of nitrogens with two attached hydrogens (primary N) is 1. The van der Waals surface area contributed by atoms with Gasteiger partial charge in [-0.25, -0.2) is 4.39 Å². The van der Waals surface area contributed by atoms with Gasteiger partial charge in [-0.3, -0.25) is 9.78 Å². The Labute approximate surface area is 219 Å². The van der Waals surface area contributed by atoms with Crippen molar-refractivity contribution in [2.45, 2.75) is 64.8 Å². The summed E-state index contributed by atoms with van der Waals surface area (Å²) in [7, 11) is 0. The molecule has 2 aliphatic rings. The first-order valence-electron chi connectivity index (χ1n) is 13.0. The van der Waals surface area contributed by atoms with Crippen LogP contribution in [0.2, 0.25) is 0 Å². The summed E-state index contributed by atoms with van der Waals surface area (Å²) in [6, 6.07) is 10.1. The Morgan fingerprint density at radius 2 is 1.86 bits per heavy atom. The standard InChI is InChI=1S/C29H39FN4OS/c1-18-13-19-14-20(16-29(4,15-19)26(35)34-23-9-11-32-12-10-23)25(18)24(31)17-33-27(36)28(2,3)21-5-7-22(30)8-6-21/h5-12,18-20,24-25H,13-17,31H2,1-4H3,(H,33,36)(H,32,34,35). The third-order valence-electron chi connectivity index (χ3n) is 8.61. The fourth-order valence-corrected chi connectivity index (χ4v) is 6.95. The first-order chi connectivity index (χ1) is 17.0. The summed E-state index contributed by atoms with van der Waals surface area (Å²) >= 11 is 5.76. The van der Waals surface area contributed by atoms with E-state index in [2.05, 4.69) is 29.5 Å². The number of rotatable bonds is 7. The van der Waals surface area contributed by atoms with Crippen LogP contribution >= 0.6 is 12.2 Å². The van der Waals surface area contributed by atoms with Gasteiger partial charge in [-0.05, 0) is 93.0 Å². The first kappa shape index (κ1) is 26.7. The minimum Gasteiger partial charge on any atom is -0.377 e. The van der Waals surface area contributed by atoms with Crippen molar-refractivity contribution in [3.05, 3.63) is 60.2 Å². The lowest BCUT2D eigenvalue weighted by Crippen LogP contribution is -2.54. The van der Waals surface area contributed by atoms with Crippen molar-refractivity contribution >= 4 is 28.8 Å². The lowest BCUT2D eigenvalue weighted by molar-refractivity contribution is -0.131. The Kier molecular flexibility index (Phi) is 7.81. The van der Waals surface area contributed by atoms with Crippen LogP contribution < -0.4 is 16.4 Å². The second-order valence-corrected chi connectivity index (χ2v) is 12.2. The van der Waals surface area contributed by atoms with Crippen molar-refractivity contribution in [1.82, 2.24) is 10.3 Å². The smallest absolute Gasteiger partial charge is 0.230 e. The molecular formula is C29H39FN4OS. The van der Waals surface area contributed by atoms with Gasteiger partial charge in [0.2, 0.25) is 5.91 Å². The summed E-state index contributed by atoms with van der Waals surface area (Å²) in [5, 5.41) is 6.54. The van der Waals surface area contributed by atoms with Crippen LogP contribution in [0.25, 0.3) is 0 Å². The number of halogens is 1. The van der Waals surface area contributed by atoms with Crippen LogP contribution in [-0.4, -0.2) is 28.5 Å². The van der Waals surface area contributed by atoms with Crippen LogP contribution in [0.3, 0.4) is 0 Å². The van der Waals surface area contributed by atoms with Crippen molar-refractivity contribution in [2.24, 2.45) is 34.8 Å². The lowest BCUT2D eigenvalue weighted by Gasteiger charge is -2.52. The predicted molar refractivity (Wildman–Crippen MR) is 147 cm³/mol. The van der Waals surface area contributed by atoms with Crippen molar-refractivity contribution in [3.8, 4) is 0 Å². The summed E-state index contributed by atoms with van der Waals surface area (Å²) in [5.41, 5.74) is 7.74. The van der Waals surface area contributed by atoms with Crippen LogP contribution in [0.1, 0.15) is 58.9 Å². The molecule has 6 atom stereocenters. The number of nitrogens with one attached hydrogen (secondary N) is 2. The van der Waals surface area contributed by atoms with E-state index in [4.69, 9.17) is 18.0 Å². The molecule has 1 heterocycles. The number of fused-ring (bicyclic) bond motifs is 2. The highest BCUT2D eigenvalue weighted by atomic mass is 32.1. The van der Waals surface area contributed by atoms with E-state index in [1.807, 2.05) is 26.0 Å². The molecule has 2 saturated carbocycles. The number of pyridine rings is 1. The number of anilines is 1.